The van der Waals surface area contributed by atoms with E-state index in [2.05, 4.69) is 0 Å². The monoisotopic (exact) mass is 167 g/mol. The second-order valence-electron chi connectivity index (χ2n) is 1.68. The Morgan fingerprint density at radius 1 is 1.45 bits per heavy atom. The second kappa shape index (κ2) is 4.62. The van der Waals surface area contributed by atoms with Gasteiger partial charge in [0.15, 0.2) is 0 Å². The van der Waals surface area contributed by atoms with E-state index >= 15 is 0 Å². The topological polar surface area (TPSA) is 69.6 Å². The van der Waals surface area contributed by atoms with Gasteiger partial charge in [-0.25, -0.2) is 4.79 Å². The molecular formula is C5H7F2NO3. The fraction of sp³-hybridized carbons (Fsp3) is 0.400. The number of aliphatic hydroxyl groups is 1. The SMILES string of the molecule is O=C(O)NCC(CO)=C(F)F. The van der Waals surface area contributed by atoms with Gasteiger partial charge in [-0.05, 0) is 0 Å². The zero-order chi connectivity index (χ0) is 8.85. The maximum absolute atomic E-state index is 11.6. The summed E-state index contributed by atoms with van der Waals surface area (Å²) in [5.74, 6) is 0. The van der Waals surface area contributed by atoms with Crippen LogP contribution < -0.4 is 5.32 Å². The van der Waals surface area contributed by atoms with Crippen LogP contribution in [0.5, 0.6) is 0 Å². The maximum Gasteiger partial charge on any atom is 0.404 e. The molecule has 0 bridgehead atoms. The molecule has 0 saturated carbocycles. The van der Waals surface area contributed by atoms with E-state index in [1.807, 2.05) is 0 Å². The summed E-state index contributed by atoms with van der Waals surface area (Å²) in [5.41, 5.74) is -0.618. The number of rotatable bonds is 3. The lowest BCUT2D eigenvalue weighted by Gasteiger charge is -2.00. The summed E-state index contributed by atoms with van der Waals surface area (Å²) in [6.45, 7) is -1.39. The summed E-state index contributed by atoms with van der Waals surface area (Å²) >= 11 is 0. The smallest absolute Gasteiger partial charge is 0.404 e. The first-order chi connectivity index (χ1) is 5.07. The van der Waals surface area contributed by atoms with Crippen LogP contribution >= 0.6 is 0 Å². The molecule has 0 radical (unpaired) electrons. The first-order valence-electron chi connectivity index (χ1n) is 2.68. The number of hydrogen-bond donors (Lipinski definition) is 3. The van der Waals surface area contributed by atoms with Crippen molar-refractivity contribution in [3.63, 3.8) is 0 Å². The van der Waals surface area contributed by atoms with Gasteiger partial charge in [-0.1, -0.05) is 0 Å². The number of halogens is 2. The minimum absolute atomic E-state index is 0.547. The third kappa shape index (κ3) is 4.26. The van der Waals surface area contributed by atoms with Gasteiger partial charge in [-0.15, -0.1) is 0 Å². The molecule has 0 aromatic heterocycles. The standard InChI is InChI=1S/C5H7F2NO3/c6-4(7)3(2-9)1-8-5(10)11/h8-9H,1-2H2,(H,10,11). The summed E-state index contributed by atoms with van der Waals surface area (Å²) in [5, 5.41) is 17.9. The Morgan fingerprint density at radius 3 is 2.27 bits per heavy atom. The van der Waals surface area contributed by atoms with Gasteiger partial charge in [-0.3, -0.25) is 0 Å². The van der Waals surface area contributed by atoms with Crippen LogP contribution in [0.3, 0.4) is 0 Å². The van der Waals surface area contributed by atoms with Crippen LogP contribution in [0.4, 0.5) is 13.6 Å². The molecule has 0 aliphatic rings. The molecule has 11 heavy (non-hydrogen) atoms. The van der Waals surface area contributed by atoms with Crippen molar-refractivity contribution < 1.29 is 23.8 Å². The number of hydrogen-bond acceptors (Lipinski definition) is 2. The van der Waals surface area contributed by atoms with Crippen LogP contribution in [-0.4, -0.2) is 29.5 Å². The first kappa shape index (κ1) is 9.83. The summed E-state index contributed by atoms with van der Waals surface area (Å²) in [6, 6.07) is 0. The highest BCUT2D eigenvalue weighted by atomic mass is 19.3. The molecule has 0 rings (SSSR count). The van der Waals surface area contributed by atoms with E-state index in [-0.39, 0.29) is 0 Å². The van der Waals surface area contributed by atoms with Crippen molar-refractivity contribution >= 4 is 6.09 Å². The molecule has 0 aromatic rings. The van der Waals surface area contributed by atoms with E-state index in [0.29, 0.717) is 0 Å². The fourth-order valence-corrected chi connectivity index (χ4v) is 0.365. The highest BCUT2D eigenvalue weighted by Crippen LogP contribution is 2.04. The molecule has 64 valence electrons. The average Bonchev–Trinajstić information content (AvgIpc) is 1.87. The number of carboxylic acid groups (broad SMARTS) is 1. The Bertz CT molecular complexity index is 177. The Hall–Kier alpha value is -1.17. The van der Waals surface area contributed by atoms with Gasteiger partial charge in [-0.2, -0.15) is 8.78 Å². The van der Waals surface area contributed by atoms with Gasteiger partial charge in [0.05, 0.1) is 6.61 Å². The summed E-state index contributed by atoms with van der Waals surface area (Å²) in [7, 11) is 0. The molecule has 0 aliphatic heterocycles. The molecule has 0 unspecified atom stereocenters. The Kier molecular flexibility index (Phi) is 4.12. The summed E-state index contributed by atoms with van der Waals surface area (Å²) < 4.78 is 23.3. The number of aliphatic hydroxyl groups excluding tert-OH is 1. The van der Waals surface area contributed by atoms with Gasteiger partial charge >= 0.3 is 6.09 Å². The molecule has 0 heterocycles. The highest BCUT2D eigenvalue weighted by Gasteiger charge is 2.05. The molecule has 1 amide bonds. The Balaban J connectivity index is 3.91. The molecular weight excluding hydrogens is 160 g/mol. The molecule has 0 fully saturated rings. The van der Waals surface area contributed by atoms with Crippen molar-refractivity contribution in [2.45, 2.75) is 0 Å². The Morgan fingerprint density at radius 2 is 2.00 bits per heavy atom. The Labute approximate surface area is 61.1 Å². The molecule has 4 nitrogen and oxygen atoms in total. The lowest BCUT2D eigenvalue weighted by atomic mass is 10.3. The van der Waals surface area contributed by atoms with Crippen LogP contribution in [0.25, 0.3) is 0 Å². The van der Waals surface area contributed by atoms with E-state index in [9.17, 15) is 13.6 Å². The van der Waals surface area contributed by atoms with Crippen LogP contribution in [-0.2, 0) is 0 Å². The van der Waals surface area contributed by atoms with Gasteiger partial charge in [0.25, 0.3) is 6.08 Å². The van der Waals surface area contributed by atoms with Crippen molar-refractivity contribution in [3.8, 4) is 0 Å². The lowest BCUT2D eigenvalue weighted by molar-refractivity contribution is 0.194. The van der Waals surface area contributed by atoms with Crippen LogP contribution in [0.15, 0.2) is 11.7 Å². The van der Waals surface area contributed by atoms with E-state index in [0.717, 1.165) is 0 Å². The van der Waals surface area contributed by atoms with Gasteiger partial charge < -0.3 is 15.5 Å². The van der Waals surface area contributed by atoms with Crippen molar-refractivity contribution in [1.82, 2.24) is 5.32 Å². The predicted molar refractivity (Wildman–Crippen MR) is 32.4 cm³/mol. The number of carbonyl (C=O) groups is 1. The van der Waals surface area contributed by atoms with E-state index in [1.165, 1.54) is 0 Å². The molecule has 6 heteroatoms. The van der Waals surface area contributed by atoms with E-state index in [4.69, 9.17) is 10.2 Å². The molecule has 0 saturated heterocycles. The van der Waals surface area contributed by atoms with Crippen LogP contribution in [0.1, 0.15) is 0 Å². The van der Waals surface area contributed by atoms with Crippen molar-refractivity contribution in [3.05, 3.63) is 11.7 Å². The quantitative estimate of drug-likeness (QED) is 0.569. The summed E-state index contributed by atoms with van der Waals surface area (Å²) in [4.78, 5) is 9.78. The van der Waals surface area contributed by atoms with Crippen LogP contribution in [0.2, 0.25) is 0 Å². The van der Waals surface area contributed by atoms with Crippen molar-refractivity contribution in [1.29, 1.82) is 0 Å². The normalized spacial score (nSPS) is 9.00. The molecule has 0 aromatic carbocycles. The third-order valence-corrected chi connectivity index (χ3v) is 0.911. The lowest BCUT2D eigenvalue weighted by Crippen LogP contribution is -2.24. The fourth-order valence-electron chi connectivity index (χ4n) is 0.365. The van der Waals surface area contributed by atoms with E-state index in [1.54, 1.807) is 5.32 Å². The predicted octanol–water partition coefficient (Wildman–Crippen LogP) is 0.397. The zero-order valence-electron chi connectivity index (χ0n) is 5.47. The maximum atomic E-state index is 11.6. The molecule has 0 atom stereocenters. The number of amides is 1. The molecule has 0 spiro atoms. The third-order valence-electron chi connectivity index (χ3n) is 0.911. The zero-order valence-corrected chi connectivity index (χ0v) is 5.47. The minimum Gasteiger partial charge on any atom is -0.465 e. The minimum atomic E-state index is -2.05. The van der Waals surface area contributed by atoms with Crippen molar-refractivity contribution in [2.75, 3.05) is 13.2 Å². The summed E-state index contributed by atoms with van der Waals surface area (Å²) in [6.07, 6.45) is -3.46. The molecule has 3 N–H and O–H groups in total. The number of nitrogens with one attached hydrogen (secondary N) is 1. The van der Waals surface area contributed by atoms with Gasteiger partial charge in [0, 0.05) is 12.1 Å². The van der Waals surface area contributed by atoms with Crippen molar-refractivity contribution in [2.24, 2.45) is 0 Å². The van der Waals surface area contributed by atoms with E-state index < -0.39 is 30.9 Å². The van der Waals surface area contributed by atoms with Gasteiger partial charge in [0.1, 0.15) is 0 Å². The molecule has 0 aliphatic carbocycles. The average molecular weight is 167 g/mol. The van der Waals surface area contributed by atoms with Crippen LogP contribution in [0, 0.1) is 0 Å². The van der Waals surface area contributed by atoms with Gasteiger partial charge in [0.2, 0.25) is 0 Å². The highest BCUT2D eigenvalue weighted by molar-refractivity contribution is 5.64. The largest absolute Gasteiger partial charge is 0.465 e. The second-order valence-corrected chi connectivity index (χ2v) is 1.68. The first-order valence-corrected chi connectivity index (χ1v) is 2.68.